The van der Waals surface area contributed by atoms with Gasteiger partial charge in [0.15, 0.2) is 0 Å². The van der Waals surface area contributed by atoms with Gasteiger partial charge in [-0.25, -0.2) is 4.79 Å². The summed E-state index contributed by atoms with van der Waals surface area (Å²) in [5, 5.41) is 9.43. The van der Waals surface area contributed by atoms with Crippen molar-refractivity contribution in [3.05, 3.63) is 71.3 Å². The van der Waals surface area contributed by atoms with Crippen molar-refractivity contribution in [3.63, 3.8) is 0 Å². The first kappa shape index (κ1) is 14.3. The molecule has 0 heterocycles. The van der Waals surface area contributed by atoms with Crippen LogP contribution in [0, 0.1) is 6.92 Å². The molecule has 0 amide bonds. The van der Waals surface area contributed by atoms with Crippen molar-refractivity contribution in [2.45, 2.75) is 12.8 Å². The van der Waals surface area contributed by atoms with Gasteiger partial charge in [0.2, 0.25) is 0 Å². The van der Waals surface area contributed by atoms with Crippen molar-refractivity contribution in [1.29, 1.82) is 0 Å². The van der Waals surface area contributed by atoms with E-state index in [1.54, 1.807) is 6.07 Å². The number of benzene rings is 2. The molecule has 0 aliphatic carbocycles. The number of hydrogen-bond donors (Lipinski definition) is 1. The van der Waals surface area contributed by atoms with Gasteiger partial charge in [-0.1, -0.05) is 48.5 Å². The average molecular weight is 270 g/mol. The number of rotatable bonds is 5. The van der Waals surface area contributed by atoms with Gasteiger partial charge in [0.25, 0.3) is 0 Å². The summed E-state index contributed by atoms with van der Waals surface area (Å²) in [5.41, 5.74) is 2.42. The lowest BCUT2D eigenvalue weighted by Gasteiger charge is -2.15. The van der Waals surface area contributed by atoms with Crippen LogP contribution >= 0.6 is 0 Å². The quantitative estimate of drug-likeness (QED) is 0.850. The van der Waals surface area contributed by atoms with Crippen molar-refractivity contribution < 1.29 is 14.6 Å². The second kappa shape index (κ2) is 6.87. The highest BCUT2D eigenvalue weighted by Gasteiger charge is 2.15. The van der Waals surface area contributed by atoms with E-state index in [1.807, 2.05) is 55.5 Å². The minimum atomic E-state index is -0.350. The van der Waals surface area contributed by atoms with Crippen molar-refractivity contribution >= 4 is 5.97 Å². The van der Waals surface area contributed by atoms with Crippen LogP contribution in [0.4, 0.5) is 0 Å². The number of esters is 1. The summed E-state index contributed by atoms with van der Waals surface area (Å²) in [6.07, 6.45) is 0. The van der Waals surface area contributed by atoms with Gasteiger partial charge >= 0.3 is 5.97 Å². The van der Waals surface area contributed by atoms with Crippen LogP contribution in [0.1, 0.15) is 27.4 Å². The van der Waals surface area contributed by atoms with Crippen molar-refractivity contribution in [2.24, 2.45) is 0 Å². The molecule has 1 unspecified atom stereocenters. The van der Waals surface area contributed by atoms with E-state index in [4.69, 9.17) is 4.74 Å². The molecule has 3 nitrogen and oxygen atoms in total. The number of aliphatic hydroxyl groups excluding tert-OH is 1. The van der Waals surface area contributed by atoms with Crippen LogP contribution in [0.5, 0.6) is 0 Å². The lowest BCUT2D eigenvalue weighted by Crippen LogP contribution is -2.16. The van der Waals surface area contributed by atoms with Crippen LogP contribution in [0.25, 0.3) is 0 Å². The second-order valence-corrected chi connectivity index (χ2v) is 4.70. The Morgan fingerprint density at radius 3 is 2.40 bits per heavy atom. The minimum Gasteiger partial charge on any atom is -0.461 e. The van der Waals surface area contributed by atoms with Crippen LogP contribution in [0.2, 0.25) is 0 Å². The SMILES string of the molecule is Cc1ccccc1C(=O)OCC(CO)c1ccccc1. The first-order chi connectivity index (χ1) is 9.72. The Balaban J connectivity index is 2.01. The molecule has 0 aromatic heterocycles. The molecule has 1 N–H and O–H groups in total. The topological polar surface area (TPSA) is 46.5 Å². The Bertz CT molecular complexity index is 563. The van der Waals surface area contributed by atoms with E-state index in [1.165, 1.54) is 0 Å². The fraction of sp³-hybridized carbons (Fsp3) is 0.235. The Morgan fingerprint density at radius 2 is 1.75 bits per heavy atom. The lowest BCUT2D eigenvalue weighted by molar-refractivity contribution is 0.0450. The summed E-state index contributed by atoms with van der Waals surface area (Å²) >= 11 is 0. The molecule has 1 atom stereocenters. The van der Waals surface area contributed by atoms with Gasteiger partial charge < -0.3 is 9.84 Å². The third-order valence-corrected chi connectivity index (χ3v) is 3.27. The summed E-state index contributed by atoms with van der Waals surface area (Å²) < 4.78 is 5.32. The van der Waals surface area contributed by atoms with Gasteiger partial charge in [-0.3, -0.25) is 0 Å². The number of aryl methyl sites for hydroxylation is 1. The highest BCUT2D eigenvalue weighted by molar-refractivity contribution is 5.90. The lowest BCUT2D eigenvalue weighted by atomic mass is 10.0. The first-order valence-corrected chi connectivity index (χ1v) is 6.61. The summed E-state index contributed by atoms with van der Waals surface area (Å²) in [6.45, 7) is 2.00. The molecule has 0 bridgehead atoms. The molecule has 2 aromatic carbocycles. The summed E-state index contributed by atoms with van der Waals surface area (Å²) in [7, 11) is 0. The number of ether oxygens (including phenoxy) is 1. The standard InChI is InChI=1S/C17H18O3/c1-13-7-5-6-10-16(13)17(19)20-12-15(11-18)14-8-3-2-4-9-14/h2-10,15,18H,11-12H2,1H3. The summed E-state index contributed by atoms with van der Waals surface area (Å²) in [6, 6.07) is 16.9. The van der Waals surface area contributed by atoms with Crippen LogP contribution in [0.15, 0.2) is 54.6 Å². The maximum absolute atomic E-state index is 12.0. The highest BCUT2D eigenvalue weighted by atomic mass is 16.5. The minimum absolute atomic E-state index is 0.0505. The molecule has 20 heavy (non-hydrogen) atoms. The molecule has 0 saturated heterocycles. The maximum atomic E-state index is 12.0. The molecule has 2 rings (SSSR count). The Hall–Kier alpha value is -2.13. The van der Waals surface area contributed by atoms with Gasteiger partial charge in [0, 0.05) is 5.92 Å². The van der Waals surface area contributed by atoms with E-state index >= 15 is 0 Å². The van der Waals surface area contributed by atoms with E-state index in [0.717, 1.165) is 11.1 Å². The fourth-order valence-electron chi connectivity index (χ4n) is 2.04. The number of hydrogen-bond acceptors (Lipinski definition) is 3. The summed E-state index contributed by atoms with van der Waals surface area (Å²) in [5.74, 6) is -0.540. The summed E-state index contributed by atoms with van der Waals surface area (Å²) in [4.78, 5) is 12.0. The van der Waals surface area contributed by atoms with Gasteiger partial charge in [-0.2, -0.15) is 0 Å². The molecule has 2 aromatic rings. The maximum Gasteiger partial charge on any atom is 0.338 e. The largest absolute Gasteiger partial charge is 0.461 e. The van der Waals surface area contributed by atoms with Crippen molar-refractivity contribution in [2.75, 3.05) is 13.2 Å². The van der Waals surface area contributed by atoms with Crippen LogP contribution in [-0.4, -0.2) is 24.3 Å². The van der Waals surface area contributed by atoms with Gasteiger partial charge in [-0.15, -0.1) is 0 Å². The molecule has 104 valence electrons. The number of carbonyl (C=O) groups excluding carboxylic acids is 1. The third-order valence-electron chi connectivity index (χ3n) is 3.27. The van der Waals surface area contributed by atoms with Gasteiger partial charge in [-0.05, 0) is 24.1 Å². The van der Waals surface area contributed by atoms with Crippen LogP contribution in [0.3, 0.4) is 0 Å². The predicted molar refractivity (Wildman–Crippen MR) is 77.7 cm³/mol. The van der Waals surface area contributed by atoms with E-state index < -0.39 is 0 Å². The van der Waals surface area contributed by atoms with Gasteiger partial charge in [0.05, 0.1) is 12.2 Å². The molecule has 0 fully saturated rings. The zero-order valence-corrected chi connectivity index (χ0v) is 11.5. The Morgan fingerprint density at radius 1 is 1.10 bits per heavy atom. The van der Waals surface area contributed by atoms with E-state index in [9.17, 15) is 9.90 Å². The molecular weight excluding hydrogens is 252 g/mol. The zero-order chi connectivity index (χ0) is 14.4. The predicted octanol–water partition coefficient (Wildman–Crippen LogP) is 2.93. The molecule has 0 aliphatic heterocycles. The molecule has 0 aliphatic rings. The zero-order valence-electron chi connectivity index (χ0n) is 11.5. The monoisotopic (exact) mass is 270 g/mol. The molecular formula is C17H18O3. The molecule has 0 spiro atoms. The average Bonchev–Trinajstić information content (AvgIpc) is 2.49. The third kappa shape index (κ3) is 3.45. The van der Waals surface area contributed by atoms with Crippen LogP contribution in [-0.2, 0) is 4.74 Å². The Kier molecular flexibility index (Phi) is 4.91. The highest BCUT2D eigenvalue weighted by Crippen LogP contribution is 2.16. The van der Waals surface area contributed by atoms with Crippen molar-refractivity contribution in [3.8, 4) is 0 Å². The molecule has 3 heteroatoms. The molecule has 0 saturated carbocycles. The normalized spacial score (nSPS) is 11.9. The molecule has 0 radical (unpaired) electrons. The number of aliphatic hydroxyl groups is 1. The fourth-order valence-corrected chi connectivity index (χ4v) is 2.04. The second-order valence-electron chi connectivity index (χ2n) is 4.70. The van der Waals surface area contributed by atoms with E-state index in [0.29, 0.717) is 5.56 Å². The Labute approximate surface area is 118 Å². The smallest absolute Gasteiger partial charge is 0.338 e. The van der Waals surface area contributed by atoms with Crippen molar-refractivity contribution in [1.82, 2.24) is 0 Å². The number of carbonyl (C=O) groups is 1. The first-order valence-electron chi connectivity index (χ1n) is 6.61. The van der Waals surface area contributed by atoms with E-state index in [2.05, 4.69) is 0 Å². The van der Waals surface area contributed by atoms with E-state index in [-0.39, 0.29) is 25.1 Å². The van der Waals surface area contributed by atoms with Gasteiger partial charge in [0.1, 0.15) is 6.61 Å². The van der Waals surface area contributed by atoms with Crippen LogP contribution < -0.4 is 0 Å².